The van der Waals surface area contributed by atoms with Gasteiger partial charge >= 0.3 is 59.7 Å². The van der Waals surface area contributed by atoms with Crippen molar-refractivity contribution in [3.8, 4) is 0 Å². The highest BCUT2D eigenvalue weighted by molar-refractivity contribution is 5.98. The van der Waals surface area contributed by atoms with Crippen LogP contribution in [0.25, 0.3) is 0 Å². The molecule has 0 amide bonds. The highest BCUT2D eigenvalue weighted by atomic mass is 19.4. The first-order chi connectivity index (χ1) is 14.2. The molecular weight excluding hydrogens is 566 g/mol. The lowest BCUT2D eigenvalue weighted by atomic mass is 9.75. The second-order valence-corrected chi connectivity index (χ2v) is 5.93. The summed E-state index contributed by atoms with van der Waals surface area (Å²) >= 11 is 0. The Morgan fingerprint density at radius 2 is 0.471 bits per heavy atom. The zero-order chi connectivity index (χ0) is 28.6. The standard InChI is InChI=1S/C11F22O/c12-2(8(22,23)24,4(14,15)6(18,19)10(28,29)30)1(34)3(13,9(25,26)27)5(16,17)7(20,21)11(31,32)33. The molecule has 23 heteroatoms. The van der Waals surface area contributed by atoms with Crippen LogP contribution in [0.2, 0.25) is 0 Å². The van der Waals surface area contributed by atoms with Gasteiger partial charge in [-0.2, -0.15) is 87.8 Å². The average Bonchev–Trinajstić information content (AvgIpc) is 2.54. The fourth-order valence-corrected chi connectivity index (χ4v) is 1.92. The molecule has 0 radical (unpaired) electrons. The van der Waals surface area contributed by atoms with Gasteiger partial charge in [0.1, 0.15) is 0 Å². The summed E-state index contributed by atoms with van der Waals surface area (Å²) in [5.41, 5.74) is -18.3. The molecule has 0 bridgehead atoms. The minimum Gasteiger partial charge on any atom is -0.291 e. The van der Waals surface area contributed by atoms with Crippen molar-refractivity contribution < 1.29 is 101 Å². The van der Waals surface area contributed by atoms with Crippen molar-refractivity contribution in [2.24, 2.45) is 0 Å². The SMILES string of the molecule is O=C(C(F)(C(F)(F)F)C(F)(F)C(F)(F)C(F)(F)F)C(F)(C(F)(F)F)C(F)(F)C(F)(F)C(F)(F)F. The Morgan fingerprint density at radius 1 is 0.294 bits per heavy atom. The van der Waals surface area contributed by atoms with Gasteiger partial charge in [0, 0.05) is 0 Å². The Kier molecular flexibility index (Phi) is 7.15. The number of alkyl halides is 22. The van der Waals surface area contributed by atoms with Gasteiger partial charge in [0.2, 0.25) is 5.78 Å². The molecule has 0 aromatic heterocycles. The van der Waals surface area contributed by atoms with Gasteiger partial charge in [-0.15, -0.1) is 0 Å². The molecule has 0 aliphatic rings. The van der Waals surface area contributed by atoms with Crippen LogP contribution in [0.15, 0.2) is 0 Å². The molecule has 0 heterocycles. The van der Waals surface area contributed by atoms with Crippen molar-refractivity contribution in [2.45, 2.75) is 59.7 Å². The Morgan fingerprint density at radius 3 is 0.588 bits per heavy atom. The Labute approximate surface area is 168 Å². The third kappa shape index (κ3) is 3.79. The second kappa shape index (κ2) is 7.56. The van der Waals surface area contributed by atoms with Crippen molar-refractivity contribution in [2.75, 3.05) is 0 Å². The molecule has 0 rings (SSSR count). The van der Waals surface area contributed by atoms with Crippen LogP contribution in [0.3, 0.4) is 0 Å². The summed E-state index contributed by atoms with van der Waals surface area (Å²) in [4.78, 5) is 11.1. The van der Waals surface area contributed by atoms with Crippen LogP contribution in [-0.2, 0) is 4.79 Å². The summed E-state index contributed by atoms with van der Waals surface area (Å²) in [5.74, 6) is -42.2. The highest BCUT2D eigenvalue weighted by Gasteiger charge is 2.97. The van der Waals surface area contributed by atoms with Gasteiger partial charge in [-0.1, -0.05) is 0 Å². The summed E-state index contributed by atoms with van der Waals surface area (Å²) in [6.07, 6.45) is -33.8. The average molecular weight is 566 g/mol. The fourth-order valence-electron chi connectivity index (χ4n) is 1.92. The molecule has 0 spiro atoms. The van der Waals surface area contributed by atoms with Crippen molar-refractivity contribution in [1.82, 2.24) is 0 Å². The minimum atomic E-state index is -9.14. The Balaban J connectivity index is 7.79. The molecular formula is C11F22O. The molecule has 0 saturated carbocycles. The predicted molar refractivity (Wildman–Crippen MR) is 56.7 cm³/mol. The minimum absolute atomic E-state index is 6.62. The van der Waals surface area contributed by atoms with E-state index in [4.69, 9.17) is 0 Å². The number of hydrogen-bond acceptors (Lipinski definition) is 1. The monoisotopic (exact) mass is 566 g/mol. The van der Waals surface area contributed by atoms with E-state index in [1.165, 1.54) is 0 Å². The quantitative estimate of drug-likeness (QED) is 0.325. The normalized spacial score (nSPS) is 19.5. The Hall–Kier alpha value is -1.87. The molecule has 2 unspecified atom stereocenters. The zero-order valence-electron chi connectivity index (χ0n) is 14.2. The summed E-state index contributed by atoms with van der Waals surface area (Å²) in [6, 6.07) is 0. The van der Waals surface area contributed by atoms with Gasteiger partial charge in [-0.3, -0.25) is 4.79 Å². The van der Waals surface area contributed by atoms with E-state index in [-0.39, 0.29) is 0 Å². The van der Waals surface area contributed by atoms with Gasteiger partial charge in [-0.05, 0) is 0 Å². The lowest BCUT2D eigenvalue weighted by molar-refractivity contribution is -0.418. The van der Waals surface area contributed by atoms with E-state index >= 15 is 0 Å². The molecule has 0 aromatic rings. The number of carbonyl (C=O) groups excluding carboxylic acids is 1. The topological polar surface area (TPSA) is 17.1 Å². The zero-order valence-corrected chi connectivity index (χ0v) is 14.2. The van der Waals surface area contributed by atoms with Gasteiger partial charge < -0.3 is 0 Å². The van der Waals surface area contributed by atoms with Crippen LogP contribution in [0.5, 0.6) is 0 Å². The van der Waals surface area contributed by atoms with E-state index in [1.807, 2.05) is 0 Å². The van der Waals surface area contributed by atoms with Crippen molar-refractivity contribution >= 4 is 5.78 Å². The van der Waals surface area contributed by atoms with Crippen LogP contribution in [0.1, 0.15) is 0 Å². The van der Waals surface area contributed by atoms with Gasteiger partial charge in [-0.25, -0.2) is 8.78 Å². The number of Topliss-reactive ketones (excluding diaryl/α,β-unsaturated/α-hetero) is 1. The number of hydrogen-bond donors (Lipinski definition) is 0. The van der Waals surface area contributed by atoms with Crippen molar-refractivity contribution in [3.63, 3.8) is 0 Å². The maximum absolute atomic E-state index is 13.9. The van der Waals surface area contributed by atoms with Crippen LogP contribution < -0.4 is 0 Å². The van der Waals surface area contributed by atoms with Crippen molar-refractivity contribution in [3.05, 3.63) is 0 Å². The predicted octanol–water partition coefficient (Wildman–Crippen LogP) is 6.76. The molecule has 0 aliphatic carbocycles. The second-order valence-electron chi connectivity index (χ2n) is 5.93. The fraction of sp³-hybridized carbons (Fsp3) is 0.909. The maximum atomic E-state index is 13.9. The van der Waals surface area contributed by atoms with E-state index in [2.05, 4.69) is 0 Å². The third-order valence-corrected chi connectivity index (χ3v) is 3.77. The number of halogens is 22. The number of rotatable bonds is 6. The number of ketones is 1. The molecule has 0 saturated heterocycles. The number of carbonyl (C=O) groups is 1. The van der Waals surface area contributed by atoms with Gasteiger partial charge in [0.15, 0.2) is 0 Å². The smallest absolute Gasteiger partial charge is 0.291 e. The molecule has 0 aromatic carbocycles. The Bertz CT molecular complexity index is 713. The molecule has 0 aliphatic heterocycles. The van der Waals surface area contributed by atoms with E-state index in [0.717, 1.165) is 0 Å². The van der Waals surface area contributed by atoms with Gasteiger partial charge in [0.25, 0.3) is 0 Å². The van der Waals surface area contributed by atoms with E-state index in [9.17, 15) is 101 Å². The van der Waals surface area contributed by atoms with Crippen LogP contribution in [0, 0.1) is 0 Å². The molecule has 2 atom stereocenters. The molecule has 0 N–H and O–H groups in total. The first-order valence-electron chi connectivity index (χ1n) is 6.86. The van der Waals surface area contributed by atoms with Crippen LogP contribution in [-0.4, -0.2) is 65.5 Å². The van der Waals surface area contributed by atoms with Crippen LogP contribution in [0.4, 0.5) is 96.6 Å². The first kappa shape index (κ1) is 32.1. The first-order valence-corrected chi connectivity index (χ1v) is 6.86. The van der Waals surface area contributed by atoms with E-state index in [0.29, 0.717) is 0 Å². The molecule has 0 fully saturated rings. The lowest BCUT2D eigenvalue weighted by Gasteiger charge is -2.44. The lowest BCUT2D eigenvalue weighted by Crippen LogP contribution is -2.79. The highest BCUT2D eigenvalue weighted by Crippen LogP contribution is 2.63. The summed E-state index contributed by atoms with van der Waals surface area (Å²) in [5, 5.41) is 0. The molecule has 34 heavy (non-hydrogen) atoms. The third-order valence-electron chi connectivity index (χ3n) is 3.77. The molecule has 1 nitrogen and oxygen atoms in total. The van der Waals surface area contributed by atoms with E-state index in [1.54, 1.807) is 0 Å². The summed E-state index contributed by atoms with van der Waals surface area (Å²) in [6.45, 7) is 0. The summed E-state index contributed by atoms with van der Waals surface area (Å²) < 4.78 is 280. The molecule has 204 valence electrons. The van der Waals surface area contributed by atoms with Gasteiger partial charge in [0.05, 0.1) is 0 Å². The maximum Gasteiger partial charge on any atom is 0.460 e. The summed E-state index contributed by atoms with van der Waals surface area (Å²) in [7, 11) is 0. The van der Waals surface area contributed by atoms with E-state index < -0.39 is 65.5 Å². The largest absolute Gasteiger partial charge is 0.460 e. The van der Waals surface area contributed by atoms with Crippen LogP contribution >= 0.6 is 0 Å². The van der Waals surface area contributed by atoms with Crippen molar-refractivity contribution in [1.29, 1.82) is 0 Å².